The van der Waals surface area contributed by atoms with Crippen LogP contribution in [-0.2, 0) is 11.4 Å². The van der Waals surface area contributed by atoms with Crippen molar-refractivity contribution < 1.29 is 32.5 Å². The van der Waals surface area contributed by atoms with Crippen LogP contribution in [0.5, 0.6) is 23.0 Å². The van der Waals surface area contributed by atoms with Crippen molar-refractivity contribution in [3.8, 4) is 23.0 Å². The Bertz CT molecular complexity index is 1160. The largest absolute Gasteiger partial charge is 0.494 e. The Morgan fingerprint density at radius 3 is 2.21 bits per heavy atom. The van der Waals surface area contributed by atoms with E-state index in [1.54, 1.807) is 18.2 Å². The summed E-state index contributed by atoms with van der Waals surface area (Å²) in [6, 6.07) is 6.16. The molecule has 0 radical (unpaired) electrons. The first-order valence-electron chi connectivity index (χ1n) is 9.82. The maximum atomic E-state index is 14.5. The van der Waals surface area contributed by atoms with Crippen molar-refractivity contribution >= 4 is 23.2 Å². The molecule has 0 bridgehead atoms. The van der Waals surface area contributed by atoms with Gasteiger partial charge in [0.25, 0.3) is 0 Å². The third kappa shape index (κ3) is 5.31. The Labute approximate surface area is 194 Å². The SMILES string of the molecule is C=CC(=O)Nc1cccc(OC)c1Nc1ncc(OCc2c(F)c(OC)cc(OC)c2F)cn1. The number of nitrogens with one attached hydrogen (secondary N) is 2. The number of nitrogens with zero attached hydrogens (tertiary/aromatic N) is 2. The van der Waals surface area contributed by atoms with Crippen molar-refractivity contribution in [3.05, 3.63) is 66.5 Å². The Kier molecular flexibility index (Phi) is 7.80. The number of amides is 1. The normalized spacial score (nSPS) is 10.3. The number of ether oxygens (including phenoxy) is 4. The molecular formula is C23H22F2N4O5. The van der Waals surface area contributed by atoms with E-state index in [1.807, 2.05) is 0 Å². The van der Waals surface area contributed by atoms with Crippen molar-refractivity contribution in [1.29, 1.82) is 0 Å². The van der Waals surface area contributed by atoms with Crippen LogP contribution in [0.3, 0.4) is 0 Å². The van der Waals surface area contributed by atoms with E-state index in [4.69, 9.17) is 18.9 Å². The van der Waals surface area contributed by atoms with Crippen molar-refractivity contribution in [2.45, 2.75) is 6.61 Å². The molecule has 0 atom stereocenters. The highest BCUT2D eigenvalue weighted by Crippen LogP contribution is 2.35. The topological polar surface area (TPSA) is 104 Å². The fourth-order valence-electron chi connectivity index (χ4n) is 2.90. The molecule has 0 unspecified atom stereocenters. The predicted molar refractivity (Wildman–Crippen MR) is 121 cm³/mol. The lowest BCUT2D eigenvalue weighted by Gasteiger charge is -2.15. The number of para-hydroxylation sites is 1. The van der Waals surface area contributed by atoms with Crippen LogP contribution in [0.25, 0.3) is 0 Å². The van der Waals surface area contributed by atoms with Gasteiger partial charge in [-0.25, -0.2) is 18.7 Å². The van der Waals surface area contributed by atoms with Crippen molar-refractivity contribution in [2.24, 2.45) is 0 Å². The van der Waals surface area contributed by atoms with Gasteiger partial charge in [-0.05, 0) is 18.2 Å². The molecule has 0 saturated carbocycles. The van der Waals surface area contributed by atoms with Crippen molar-refractivity contribution in [3.63, 3.8) is 0 Å². The second-order valence-electron chi connectivity index (χ2n) is 6.62. The molecule has 2 aromatic carbocycles. The molecule has 1 amide bonds. The van der Waals surface area contributed by atoms with Crippen LogP contribution in [0.15, 0.2) is 49.3 Å². The van der Waals surface area contributed by atoms with Gasteiger partial charge >= 0.3 is 0 Å². The molecule has 1 aromatic heterocycles. The van der Waals surface area contributed by atoms with Gasteiger partial charge in [-0.15, -0.1) is 0 Å². The molecular weight excluding hydrogens is 450 g/mol. The zero-order chi connectivity index (χ0) is 24.7. The van der Waals surface area contributed by atoms with Gasteiger partial charge in [-0.2, -0.15) is 0 Å². The standard InChI is InChI=1S/C23H22F2N4O5/c1-5-19(30)28-15-7-6-8-16(31-2)22(15)29-23-26-10-13(11-27-23)34-12-14-20(24)17(32-3)9-18(33-4)21(14)25/h5-11H,1,12H2,2-4H3,(H,28,30)(H,26,27,29). The van der Waals surface area contributed by atoms with Crippen molar-refractivity contribution in [1.82, 2.24) is 9.97 Å². The maximum Gasteiger partial charge on any atom is 0.247 e. The molecule has 0 saturated heterocycles. The Morgan fingerprint density at radius 1 is 1.03 bits per heavy atom. The van der Waals surface area contributed by atoms with Gasteiger partial charge in [0, 0.05) is 6.07 Å². The number of rotatable bonds is 10. The number of methoxy groups -OCH3 is 3. The van der Waals surface area contributed by atoms with E-state index in [-0.39, 0.29) is 28.8 Å². The lowest BCUT2D eigenvalue weighted by Crippen LogP contribution is -2.10. The first-order valence-corrected chi connectivity index (χ1v) is 9.82. The summed E-state index contributed by atoms with van der Waals surface area (Å²) in [7, 11) is 4.00. The van der Waals surface area contributed by atoms with Gasteiger partial charge in [0.1, 0.15) is 18.0 Å². The van der Waals surface area contributed by atoms with Crippen molar-refractivity contribution in [2.75, 3.05) is 32.0 Å². The smallest absolute Gasteiger partial charge is 0.247 e. The minimum absolute atomic E-state index is 0.159. The lowest BCUT2D eigenvalue weighted by molar-refractivity contribution is -0.111. The molecule has 3 rings (SSSR count). The summed E-state index contributed by atoms with van der Waals surface area (Å²) in [5.74, 6) is -1.81. The maximum absolute atomic E-state index is 14.5. The molecule has 0 fully saturated rings. The zero-order valence-electron chi connectivity index (χ0n) is 18.6. The van der Waals surface area contributed by atoms with Gasteiger partial charge in [0.2, 0.25) is 11.9 Å². The minimum atomic E-state index is -0.898. The third-order valence-electron chi connectivity index (χ3n) is 4.60. The Morgan fingerprint density at radius 2 is 1.65 bits per heavy atom. The zero-order valence-corrected chi connectivity index (χ0v) is 18.6. The average molecular weight is 472 g/mol. The monoisotopic (exact) mass is 472 g/mol. The van der Waals surface area contributed by atoms with Gasteiger partial charge in [0.15, 0.2) is 28.9 Å². The van der Waals surface area contributed by atoms with Crippen LogP contribution in [-0.4, -0.2) is 37.2 Å². The van der Waals surface area contributed by atoms with E-state index in [9.17, 15) is 13.6 Å². The number of anilines is 3. The van der Waals surface area contributed by atoms with E-state index >= 15 is 0 Å². The predicted octanol–water partition coefficient (Wildman–Crippen LogP) is 4.23. The second-order valence-corrected chi connectivity index (χ2v) is 6.62. The summed E-state index contributed by atoms with van der Waals surface area (Å²) < 4.78 is 49.6. The molecule has 11 heteroatoms. The number of hydrogen-bond acceptors (Lipinski definition) is 8. The highest BCUT2D eigenvalue weighted by Gasteiger charge is 2.20. The molecule has 1 heterocycles. The molecule has 178 valence electrons. The number of hydrogen-bond donors (Lipinski definition) is 2. The fraction of sp³-hybridized carbons (Fsp3) is 0.174. The van der Waals surface area contributed by atoms with Crippen LogP contribution in [0.4, 0.5) is 26.1 Å². The number of halogens is 2. The van der Waals surface area contributed by atoms with E-state index in [0.717, 1.165) is 12.1 Å². The molecule has 3 aromatic rings. The van der Waals surface area contributed by atoms with E-state index in [2.05, 4.69) is 27.2 Å². The molecule has 0 spiro atoms. The Balaban J connectivity index is 1.78. The van der Waals surface area contributed by atoms with E-state index in [0.29, 0.717) is 17.1 Å². The van der Waals surface area contributed by atoms with E-state index in [1.165, 1.54) is 33.7 Å². The van der Waals surface area contributed by atoms with Gasteiger partial charge in [0.05, 0.1) is 45.0 Å². The molecule has 0 aliphatic heterocycles. The quantitative estimate of drug-likeness (QED) is 0.423. The van der Waals surface area contributed by atoms with Crippen LogP contribution >= 0.6 is 0 Å². The summed E-state index contributed by atoms with van der Waals surface area (Å²) in [4.78, 5) is 20.0. The first-order chi connectivity index (χ1) is 16.4. The Hall–Kier alpha value is -4.41. The number of carbonyl (C=O) groups excluding carboxylic acids is 1. The summed E-state index contributed by atoms with van der Waals surface area (Å²) in [6.07, 6.45) is 3.77. The summed E-state index contributed by atoms with van der Waals surface area (Å²) in [6.45, 7) is 2.98. The highest BCUT2D eigenvalue weighted by molar-refractivity contribution is 6.02. The number of carbonyl (C=O) groups is 1. The number of benzene rings is 2. The summed E-state index contributed by atoms with van der Waals surface area (Å²) >= 11 is 0. The van der Waals surface area contributed by atoms with E-state index < -0.39 is 24.1 Å². The summed E-state index contributed by atoms with van der Waals surface area (Å²) in [5.41, 5.74) is 0.475. The average Bonchev–Trinajstić information content (AvgIpc) is 2.86. The third-order valence-corrected chi connectivity index (χ3v) is 4.60. The van der Waals surface area contributed by atoms with Gasteiger partial charge < -0.3 is 29.6 Å². The fourth-order valence-corrected chi connectivity index (χ4v) is 2.90. The molecule has 2 N–H and O–H groups in total. The van der Waals surface area contributed by atoms with Crippen LogP contribution in [0.1, 0.15) is 5.56 Å². The second kappa shape index (κ2) is 10.9. The minimum Gasteiger partial charge on any atom is -0.494 e. The summed E-state index contributed by atoms with van der Waals surface area (Å²) in [5, 5.41) is 5.63. The molecule has 0 aliphatic rings. The van der Waals surface area contributed by atoms with Gasteiger partial charge in [-0.3, -0.25) is 4.79 Å². The lowest BCUT2D eigenvalue weighted by atomic mass is 10.1. The molecule has 34 heavy (non-hydrogen) atoms. The van der Waals surface area contributed by atoms with Gasteiger partial charge in [-0.1, -0.05) is 12.6 Å². The molecule has 0 aliphatic carbocycles. The number of aromatic nitrogens is 2. The molecule has 9 nitrogen and oxygen atoms in total. The van der Waals surface area contributed by atoms with Crippen LogP contribution in [0.2, 0.25) is 0 Å². The van der Waals surface area contributed by atoms with Crippen LogP contribution in [0, 0.1) is 11.6 Å². The highest BCUT2D eigenvalue weighted by atomic mass is 19.1. The van der Waals surface area contributed by atoms with Crippen LogP contribution < -0.4 is 29.6 Å². The first kappa shape index (κ1) is 24.2.